The molecule has 16 heavy (non-hydrogen) atoms. The van der Waals surface area contributed by atoms with Gasteiger partial charge in [-0.15, -0.1) is 0 Å². The lowest BCUT2D eigenvalue weighted by Gasteiger charge is -2.04. The second kappa shape index (κ2) is 8.24. The van der Waals surface area contributed by atoms with Crippen LogP contribution in [0.2, 0.25) is 0 Å². The fourth-order valence-electron chi connectivity index (χ4n) is 1.26. The molecule has 0 aliphatic rings. The maximum absolute atomic E-state index is 5.42. The highest BCUT2D eigenvalue weighted by molar-refractivity contribution is 4.84. The molecular formula is C11H21N3O2. The van der Waals surface area contributed by atoms with E-state index in [9.17, 15) is 0 Å². The van der Waals surface area contributed by atoms with Gasteiger partial charge in [0, 0.05) is 33.0 Å². The molecule has 1 aromatic rings. The predicted octanol–water partition coefficient (Wildman–Crippen LogP) is 1.33. The molecule has 1 aromatic heterocycles. The van der Waals surface area contributed by atoms with Gasteiger partial charge in [-0.2, -0.15) is 4.98 Å². The van der Waals surface area contributed by atoms with Crippen LogP contribution in [0.1, 0.15) is 31.5 Å². The Labute approximate surface area is 96.6 Å². The smallest absolute Gasteiger partial charge is 0.223 e. The predicted molar refractivity (Wildman–Crippen MR) is 61.3 cm³/mol. The van der Waals surface area contributed by atoms with E-state index in [0.29, 0.717) is 5.89 Å². The molecule has 0 spiro atoms. The van der Waals surface area contributed by atoms with Gasteiger partial charge >= 0.3 is 0 Å². The normalized spacial score (nSPS) is 10.9. The molecule has 0 atom stereocenters. The first-order valence-corrected chi connectivity index (χ1v) is 5.90. The third kappa shape index (κ3) is 5.82. The first-order valence-electron chi connectivity index (χ1n) is 5.90. The van der Waals surface area contributed by atoms with Crippen molar-refractivity contribution in [2.45, 2.75) is 33.1 Å². The van der Waals surface area contributed by atoms with Gasteiger partial charge in [-0.3, -0.25) is 0 Å². The van der Waals surface area contributed by atoms with Crippen LogP contribution in [0.3, 0.4) is 0 Å². The molecule has 0 unspecified atom stereocenters. The summed E-state index contributed by atoms with van der Waals surface area (Å²) in [5.74, 6) is 1.38. The van der Waals surface area contributed by atoms with Crippen molar-refractivity contribution in [1.82, 2.24) is 15.5 Å². The van der Waals surface area contributed by atoms with Gasteiger partial charge in [-0.1, -0.05) is 18.5 Å². The van der Waals surface area contributed by atoms with Crippen LogP contribution in [0.15, 0.2) is 4.52 Å². The fourth-order valence-corrected chi connectivity index (χ4v) is 1.26. The van der Waals surface area contributed by atoms with Crippen LogP contribution >= 0.6 is 0 Å². The summed E-state index contributed by atoms with van der Waals surface area (Å²) >= 11 is 0. The van der Waals surface area contributed by atoms with Gasteiger partial charge in [0.1, 0.15) is 0 Å². The van der Waals surface area contributed by atoms with Gasteiger partial charge in [-0.25, -0.2) is 0 Å². The van der Waals surface area contributed by atoms with Gasteiger partial charge in [0.05, 0.1) is 6.61 Å². The van der Waals surface area contributed by atoms with E-state index in [2.05, 4.69) is 22.4 Å². The number of aryl methyl sites for hydroxylation is 1. The Kier molecular flexibility index (Phi) is 6.76. The van der Waals surface area contributed by atoms with Crippen LogP contribution in [0.5, 0.6) is 0 Å². The summed E-state index contributed by atoms with van der Waals surface area (Å²) < 4.78 is 10.3. The lowest BCUT2D eigenvalue weighted by atomic mass is 10.4. The standard InChI is InChI=1S/C11H21N3O2/c1-3-4-8-15-9-7-12-6-5-11-13-10(2)16-14-11/h12H,3-9H2,1-2H3. The number of nitrogens with one attached hydrogen (secondary N) is 1. The van der Waals surface area contributed by atoms with Crippen LogP contribution < -0.4 is 5.32 Å². The highest BCUT2D eigenvalue weighted by Crippen LogP contribution is 1.94. The summed E-state index contributed by atoms with van der Waals surface area (Å²) in [6, 6.07) is 0. The molecule has 5 nitrogen and oxygen atoms in total. The summed E-state index contributed by atoms with van der Waals surface area (Å²) in [6.45, 7) is 7.32. The van der Waals surface area contributed by atoms with Crippen LogP contribution in [0.25, 0.3) is 0 Å². The molecule has 0 fully saturated rings. The second-order valence-corrected chi connectivity index (χ2v) is 3.70. The number of aromatic nitrogens is 2. The third-order valence-electron chi connectivity index (χ3n) is 2.16. The maximum Gasteiger partial charge on any atom is 0.223 e. The SMILES string of the molecule is CCCCOCCNCCc1noc(C)n1. The summed E-state index contributed by atoms with van der Waals surface area (Å²) in [5.41, 5.74) is 0. The minimum absolute atomic E-state index is 0.623. The number of hydrogen-bond acceptors (Lipinski definition) is 5. The molecule has 0 aromatic carbocycles. The van der Waals surface area contributed by atoms with Crippen LogP contribution in [0.4, 0.5) is 0 Å². The monoisotopic (exact) mass is 227 g/mol. The van der Waals surface area contributed by atoms with Crippen molar-refractivity contribution in [3.05, 3.63) is 11.7 Å². The zero-order chi connectivity index (χ0) is 11.6. The van der Waals surface area contributed by atoms with Gasteiger partial charge in [0.15, 0.2) is 5.82 Å². The molecule has 1 heterocycles. The molecule has 1 N–H and O–H groups in total. The molecule has 0 amide bonds. The average Bonchev–Trinajstić information content (AvgIpc) is 2.68. The zero-order valence-corrected chi connectivity index (χ0v) is 10.2. The maximum atomic E-state index is 5.42. The molecule has 0 saturated carbocycles. The van der Waals surface area contributed by atoms with Crippen molar-refractivity contribution < 1.29 is 9.26 Å². The molecule has 1 rings (SSSR count). The van der Waals surface area contributed by atoms with Crippen molar-refractivity contribution >= 4 is 0 Å². The molecule has 92 valence electrons. The third-order valence-corrected chi connectivity index (χ3v) is 2.16. The van der Waals surface area contributed by atoms with E-state index in [1.807, 2.05) is 0 Å². The minimum atomic E-state index is 0.623. The molecular weight excluding hydrogens is 206 g/mol. The minimum Gasteiger partial charge on any atom is -0.380 e. The number of rotatable bonds is 9. The Morgan fingerprint density at radius 2 is 2.19 bits per heavy atom. The van der Waals surface area contributed by atoms with E-state index < -0.39 is 0 Å². The molecule has 0 radical (unpaired) electrons. The van der Waals surface area contributed by atoms with Gasteiger partial charge < -0.3 is 14.6 Å². The van der Waals surface area contributed by atoms with E-state index in [-0.39, 0.29) is 0 Å². The van der Waals surface area contributed by atoms with Crippen LogP contribution in [-0.2, 0) is 11.2 Å². The number of unbranched alkanes of at least 4 members (excludes halogenated alkanes) is 1. The Morgan fingerprint density at radius 1 is 1.31 bits per heavy atom. The summed E-state index contributed by atoms with van der Waals surface area (Å²) in [5, 5.41) is 7.09. The number of hydrogen-bond donors (Lipinski definition) is 1. The van der Waals surface area contributed by atoms with E-state index in [1.54, 1.807) is 6.92 Å². The Morgan fingerprint density at radius 3 is 2.88 bits per heavy atom. The van der Waals surface area contributed by atoms with E-state index in [0.717, 1.165) is 45.0 Å². The van der Waals surface area contributed by atoms with Crippen LogP contribution in [0, 0.1) is 6.92 Å². The summed E-state index contributed by atoms with van der Waals surface area (Å²) in [7, 11) is 0. The van der Waals surface area contributed by atoms with Crippen molar-refractivity contribution in [3.63, 3.8) is 0 Å². The first kappa shape index (κ1) is 13.1. The van der Waals surface area contributed by atoms with E-state index in [4.69, 9.17) is 9.26 Å². The lowest BCUT2D eigenvalue weighted by molar-refractivity contribution is 0.133. The van der Waals surface area contributed by atoms with Crippen molar-refractivity contribution in [1.29, 1.82) is 0 Å². The van der Waals surface area contributed by atoms with Crippen molar-refractivity contribution in [2.24, 2.45) is 0 Å². The number of ether oxygens (including phenoxy) is 1. The van der Waals surface area contributed by atoms with Crippen molar-refractivity contribution in [2.75, 3.05) is 26.3 Å². The van der Waals surface area contributed by atoms with Gasteiger partial charge in [0.25, 0.3) is 0 Å². The summed E-state index contributed by atoms with van der Waals surface area (Å²) in [4.78, 5) is 4.12. The van der Waals surface area contributed by atoms with Crippen molar-refractivity contribution in [3.8, 4) is 0 Å². The fraction of sp³-hybridized carbons (Fsp3) is 0.818. The Bertz CT molecular complexity index is 276. The zero-order valence-electron chi connectivity index (χ0n) is 10.2. The van der Waals surface area contributed by atoms with E-state index >= 15 is 0 Å². The Hall–Kier alpha value is -0.940. The molecule has 5 heteroatoms. The molecule has 0 bridgehead atoms. The molecule has 0 aliphatic heterocycles. The highest BCUT2D eigenvalue weighted by atomic mass is 16.5. The lowest BCUT2D eigenvalue weighted by Crippen LogP contribution is -2.22. The Balaban J connectivity index is 1.88. The topological polar surface area (TPSA) is 60.2 Å². The average molecular weight is 227 g/mol. The van der Waals surface area contributed by atoms with Gasteiger partial charge in [-0.05, 0) is 6.42 Å². The quantitative estimate of drug-likeness (QED) is 0.645. The highest BCUT2D eigenvalue weighted by Gasteiger charge is 2.00. The number of nitrogens with zero attached hydrogens (tertiary/aromatic N) is 2. The van der Waals surface area contributed by atoms with Gasteiger partial charge in [0.2, 0.25) is 5.89 Å². The van der Waals surface area contributed by atoms with E-state index in [1.165, 1.54) is 6.42 Å². The molecule has 0 saturated heterocycles. The first-order chi connectivity index (χ1) is 7.83. The largest absolute Gasteiger partial charge is 0.380 e. The second-order valence-electron chi connectivity index (χ2n) is 3.70. The molecule has 0 aliphatic carbocycles. The summed E-state index contributed by atoms with van der Waals surface area (Å²) in [6.07, 6.45) is 3.12. The van der Waals surface area contributed by atoms with Crippen LogP contribution in [-0.4, -0.2) is 36.4 Å².